The molecule has 0 radical (unpaired) electrons. The van der Waals surface area contributed by atoms with Crippen molar-refractivity contribution in [1.82, 2.24) is 0 Å². The normalized spacial score (nSPS) is 12.6. The number of carbonyl (C=O) groups is 2. The number of alkyl halides is 9. The topological polar surface area (TPSA) is 72.8 Å². The first-order chi connectivity index (χ1) is 20.8. The van der Waals surface area contributed by atoms with Crippen LogP contribution in [0.4, 0.5) is 39.5 Å². The molecule has 3 aromatic carbocycles. The summed E-state index contributed by atoms with van der Waals surface area (Å²) in [6, 6.07) is 15.2. The number of Topliss-reactive ketones (excluding diaryl/α,β-unsaturated/α-hetero) is 1. The van der Waals surface area contributed by atoms with Crippen molar-refractivity contribution in [2.75, 3.05) is 0 Å². The van der Waals surface area contributed by atoms with Gasteiger partial charge in [0.15, 0.2) is 0 Å². The van der Waals surface area contributed by atoms with E-state index >= 15 is 0 Å². The molecule has 3 aromatic rings. The minimum Gasteiger partial charge on any atom is -0.481 e. The molecule has 3 rings (SSSR count). The minimum absolute atomic E-state index is 0.0423. The number of aliphatic carboxylic acids is 1. The summed E-state index contributed by atoms with van der Waals surface area (Å²) in [4.78, 5) is 24.0. The molecule has 1 N–H and O–H groups in total. The molecule has 0 bridgehead atoms. The van der Waals surface area contributed by atoms with Gasteiger partial charge in [0.1, 0.15) is 17.3 Å². The van der Waals surface area contributed by atoms with E-state index < -0.39 is 66.8 Å². The maximum Gasteiger partial charge on any atom is 0.573 e. The Hall–Kier alpha value is -4.23. The highest BCUT2D eigenvalue weighted by atomic mass is 19.4. The minimum atomic E-state index is -5.12. The lowest BCUT2D eigenvalue weighted by Gasteiger charge is -2.36. The van der Waals surface area contributed by atoms with Gasteiger partial charge in [-0.1, -0.05) is 48.5 Å². The van der Waals surface area contributed by atoms with Crippen LogP contribution in [0.3, 0.4) is 0 Å². The molecule has 0 aromatic heterocycles. The Balaban J connectivity index is 2.18. The molecule has 0 amide bonds. The largest absolute Gasteiger partial charge is 0.573 e. The summed E-state index contributed by atoms with van der Waals surface area (Å²) in [5, 5.41) is 8.87. The molecule has 0 saturated heterocycles. The monoisotopic (exact) mass is 650 g/mol. The Morgan fingerprint density at radius 2 is 1.16 bits per heavy atom. The van der Waals surface area contributed by atoms with Crippen molar-refractivity contribution in [3.63, 3.8) is 0 Å². The predicted octanol–water partition coefficient (Wildman–Crippen LogP) is 8.72. The van der Waals surface area contributed by atoms with Crippen LogP contribution in [0.15, 0.2) is 72.8 Å². The second kappa shape index (κ2) is 14.2. The van der Waals surface area contributed by atoms with Crippen LogP contribution in [-0.4, -0.2) is 35.8 Å². The third-order valence-corrected chi connectivity index (χ3v) is 6.81. The van der Waals surface area contributed by atoms with Gasteiger partial charge in [-0.25, -0.2) is 0 Å². The summed E-state index contributed by atoms with van der Waals surface area (Å²) in [6.07, 6.45) is -17.8. The molecule has 0 aliphatic heterocycles. The Bertz CT molecular complexity index is 1390. The third-order valence-electron chi connectivity index (χ3n) is 6.81. The maximum atomic E-state index is 13.1. The van der Waals surface area contributed by atoms with Crippen LogP contribution >= 0.6 is 0 Å². The van der Waals surface area contributed by atoms with E-state index in [-0.39, 0.29) is 24.0 Å². The van der Waals surface area contributed by atoms with Crippen molar-refractivity contribution in [3.8, 4) is 11.5 Å². The Labute approximate surface area is 251 Å². The molecule has 0 unspecified atom stereocenters. The van der Waals surface area contributed by atoms with E-state index in [9.17, 15) is 49.1 Å². The predicted molar refractivity (Wildman–Crippen MR) is 143 cm³/mol. The first-order valence-electron chi connectivity index (χ1n) is 13.4. The molecule has 45 heavy (non-hydrogen) atoms. The van der Waals surface area contributed by atoms with Crippen LogP contribution < -0.4 is 9.47 Å². The average molecular weight is 651 g/mol. The number of halogens is 9. The summed E-state index contributed by atoms with van der Waals surface area (Å²) in [6.45, 7) is 0. The maximum absolute atomic E-state index is 13.1. The van der Waals surface area contributed by atoms with Gasteiger partial charge in [0.25, 0.3) is 0 Å². The molecule has 0 heterocycles. The highest BCUT2D eigenvalue weighted by molar-refractivity contribution is 5.81. The first kappa shape index (κ1) is 35.3. The lowest BCUT2D eigenvalue weighted by Crippen LogP contribution is -2.34. The number of hydrogen-bond acceptors (Lipinski definition) is 4. The Kier molecular flexibility index (Phi) is 11.2. The van der Waals surface area contributed by atoms with Crippen LogP contribution in [0, 0.1) is 0 Å². The molecular formula is C31H27F9O5. The second-order valence-electron chi connectivity index (χ2n) is 10.3. The zero-order valence-corrected chi connectivity index (χ0v) is 23.4. The number of carbonyl (C=O) groups excluding carboxylic acids is 1. The summed E-state index contributed by atoms with van der Waals surface area (Å²) >= 11 is 0. The fourth-order valence-corrected chi connectivity index (χ4v) is 4.94. The summed E-state index contributed by atoms with van der Waals surface area (Å²) < 4.78 is 126. The van der Waals surface area contributed by atoms with E-state index in [0.717, 1.165) is 42.0 Å². The summed E-state index contributed by atoms with van der Waals surface area (Å²) in [5.74, 6) is -3.37. The number of ketones is 1. The van der Waals surface area contributed by atoms with Crippen molar-refractivity contribution in [1.29, 1.82) is 0 Å². The van der Waals surface area contributed by atoms with Gasteiger partial charge in [-0.05, 0) is 65.8 Å². The van der Waals surface area contributed by atoms with E-state index in [4.69, 9.17) is 5.11 Å². The fraction of sp³-hybridized carbons (Fsp3) is 0.355. The number of aryl methyl sites for hydroxylation is 1. The molecule has 0 aliphatic carbocycles. The smallest absolute Gasteiger partial charge is 0.481 e. The highest BCUT2D eigenvalue weighted by Gasteiger charge is 2.40. The van der Waals surface area contributed by atoms with Crippen LogP contribution in [-0.2, 0) is 27.8 Å². The fourth-order valence-electron chi connectivity index (χ4n) is 4.94. The highest BCUT2D eigenvalue weighted by Crippen LogP contribution is 2.43. The molecule has 0 fully saturated rings. The van der Waals surface area contributed by atoms with Crippen molar-refractivity contribution >= 4 is 11.8 Å². The van der Waals surface area contributed by atoms with Gasteiger partial charge >= 0.3 is 24.9 Å². The molecule has 244 valence electrons. The molecule has 14 heteroatoms. The van der Waals surface area contributed by atoms with Gasteiger partial charge in [-0.2, -0.15) is 13.2 Å². The van der Waals surface area contributed by atoms with Gasteiger partial charge in [0.05, 0.1) is 6.42 Å². The quantitative estimate of drug-likeness (QED) is 0.177. The van der Waals surface area contributed by atoms with Crippen molar-refractivity contribution in [2.45, 2.75) is 69.3 Å². The molecule has 5 nitrogen and oxygen atoms in total. The lowest BCUT2D eigenvalue weighted by atomic mass is 9.67. The third kappa shape index (κ3) is 11.7. The number of rotatable bonds is 14. The van der Waals surface area contributed by atoms with Crippen LogP contribution in [0.2, 0.25) is 0 Å². The van der Waals surface area contributed by atoms with Gasteiger partial charge in [-0.15, -0.1) is 26.3 Å². The van der Waals surface area contributed by atoms with E-state index in [0.29, 0.717) is 18.4 Å². The van der Waals surface area contributed by atoms with E-state index in [1.165, 1.54) is 12.1 Å². The number of hydrogen-bond donors (Lipinski definition) is 1. The number of ether oxygens (including phenoxy) is 2. The molecule has 0 atom stereocenters. The van der Waals surface area contributed by atoms with Crippen LogP contribution in [0.1, 0.15) is 54.4 Å². The lowest BCUT2D eigenvalue weighted by molar-refractivity contribution is -0.275. The first-order valence-corrected chi connectivity index (χ1v) is 13.4. The SMILES string of the molecule is O=C(O)CCCc1ccc(CC(CC(=O)CCC(F)(F)F)(c2cccc(OC(F)(F)F)c2)c2cccc(OC(F)(F)F)c2)cc1. The summed E-state index contributed by atoms with van der Waals surface area (Å²) in [5.41, 5.74) is -0.708. The summed E-state index contributed by atoms with van der Waals surface area (Å²) in [7, 11) is 0. The molecular weight excluding hydrogens is 623 g/mol. The van der Waals surface area contributed by atoms with E-state index in [1.807, 2.05) is 0 Å². The number of carboxylic acid groups (broad SMARTS) is 1. The zero-order valence-electron chi connectivity index (χ0n) is 23.4. The zero-order chi connectivity index (χ0) is 33.5. The van der Waals surface area contributed by atoms with E-state index in [1.54, 1.807) is 24.3 Å². The number of benzene rings is 3. The molecule has 0 spiro atoms. The van der Waals surface area contributed by atoms with Crippen molar-refractivity contribution in [3.05, 3.63) is 95.1 Å². The molecule has 0 aliphatic rings. The van der Waals surface area contributed by atoms with Gasteiger partial charge < -0.3 is 14.6 Å². The Morgan fingerprint density at radius 3 is 1.60 bits per heavy atom. The van der Waals surface area contributed by atoms with Gasteiger partial charge in [0, 0.05) is 24.7 Å². The van der Waals surface area contributed by atoms with E-state index in [2.05, 4.69) is 9.47 Å². The van der Waals surface area contributed by atoms with Gasteiger partial charge in [-0.3, -0.25) is 9.59 Å². The number of carboxylic acids is 1. The van der Waals surface area contributed by atoms with Crippen LogP contribution in [0.25, 0.3) is 0 Å². The van der Waals surface area contributed by atoms with Crippen molar-refractivity contribution in [2.24, 2.45) is 0 Å². The van der Waals surface area contributed by atoms with Crippen molar-refractivity contribution < 1.29 is 63.7 Å². The average Bonchev–Trinajstić information content (AvgIpc) is 2.90. The standard InChI is InChI=1S/C31H27F9O5/c32-29(33,34)15-14-24(41)19-28(22-5-2-7-25(16-22)44-30(35,36)37,23-6-3-8-26(17-23)45-31(38,39)40)18-21-12-10-20(11-13-21)4-1-9-27(42)43/h2-3,5-8,10-13,16-17H,1,4,9,14-15,18-19H2,(H,42,43). The Morgan fingerprint density at radius 1 is 0.667 bits per heavy atom. The van der Waals surface area contributed by atoms with Crippen LogP contribution in [0.5, 0.6) is 11.5 Å². The van der Waals surface area contributed by atoms with Gasteiger partial charge in [0.2, 0.25) is 0 Å². The molecule has 0 saturated carbocycles. The second-order valence-corrected chi connectivity index (χ2v) is 10.3.